The third-order valence-electron chi connectivity index (χ3n) is 4.64. The van der Waals surface area contributed by atoms with Crippen molar-refractivity contribution in [3.63, 3.8) is 0 Å². The molecule has 136 valence electrons. The zero-order valence-electron chi connectivity index (χ0n) is 15.9. The van der Waals surface area contributed by atoms with Crippen LogP contribution in [0.2, 0.25) is 0 Å². The number of likely N-dealkylation sites (tertiary alicyclic amines) is 1. The minimum Gasteiger partial charge on any atom is -0.325 e. The Morgan fingerprint density at radius 3 is 2.54 bits per heavy atom. The van der Waals surface area contributed by atoms with Crippen molar-refractivity contribution in [3.05, 3.63) is 12.4 Å². The van der Waals surface area contributed by atoms with E-state index in [0.29, 0.717) is 0 Å². The van der Waals surface area contributed by atoms with Gasteiger partial charge in [0, 0.05) is 19.3 Å². The number of anilines is 1. The predicted molar refractivity (Wildman–Crippen MR) is 98.3 cm³/mol. The zero-order chi connectivity index (χ0) is 17.7. The number of carbonyl (C=O) groups is 1. The number of aromatic nitrogens is 2. The fraction of sp³-hybridized carbons (Fsp3) is 0.778. The molecule has 2 heterocycles. The minimum absolute atomic E-state index is 0.00444. The maximum Gasteiger partial charge on any atom is 0.321 e. The molecule has 1 saturated heterocycles. The molecule has 0 aromatic carbocycles. The Morgan fingerprint density at radius 1 is 1.33 bits per heavy atom. The molecule has 0 spiro atoms. The predicted octanol–water partition coefficient (Wildman–Crippen LogP) is 3.22. The van der Waals surface area contributed by atoms with E-state index in [-0.39, 0.29) is 11.6 Å². The van der Waals surface area contributed by atoms with Crippen LogP contribution in [0.4, 0.5) is 10.5 Å². The van der Waals surface area contributed by atoms with Crippen molar-refractivity contribution in [2.24, 2.45) is 5.92 Å². The summed E-state index contributed by atoms with van der Waals surface area (Å²) in [4.78, 5) is 16.6. The Morgan fingerprint density at radius 2 is 2.00 bits per heavy atom. The molecule has 1 N–H and O–H groups in total. The van der Waals surface area contributed by atoms with Crippen LogP contribution < -0.4 is 5.32 Å². The fourth-order valence-corrected chi connectivity index (χ4v) is 3.08. The van der Waals surface area contributed by atoms with Gasteiger partial charge in [-0.2, -0.15) is 5.10 Å². The molecule has 1 fully saturated rings. The minimum atomic E-state index is -0.0755. The second kappa shape index (κ2) is 8.01. The number of hydrogen-bond donors (Lipinski definition) is 1. The molecule has 0 aliphatic carbocycles. The van der Waals surface area contributed by atoms with E-state index in [9.17, 15) is 4.79 Å². The van der Waals surface area contributed by atoms with Gasteiger partial charge < -0.3 is 15.1 Å². The van der Waals surface area contributed by atoms with E-state index in [0.717, 1.165) is 44.1 Å². The van der Waals surface area contributed by atoms with Crippen molar-refractivity contribution in [2.75, 3.05) is 39.0 Å². The van der Waals surface area contributed by atoms with Gasteiger partial charge in [-0.3, -0.25) is 4.68 Å². The highest BCUT2D eigenvalue weighted by molar-refractivity contribution is 5.89. The van der Waals surface area contributed by atoms with Crippen molar-refractivity contribution >= 4 is 11.7 Å². The number of urea groups is 1. The maximum absolute atomic E-state index is 12.4. The summed E-state index contributed by atoms with van der Waals surface area (Å²) in [6.07, 6.45) is 8.36. The first-order chi connectivity index (χ1) is 11.3. The largest absolute Gasteiger partial charge is 0.325 e. The molecule has 1 aliphatic rings. The van der Waals surface area contributed by atoms with E-state index in [1.807, 2.05) is 15.8 Å². The van der Waals surface area contributed by atoms with E-state index in [1.165, 1.54) is 12.8 Å². The highest BCUT2D eigenvalue weighted by atomic mass is 16.2. The van der Waals surface area contributed by atoms with Crippen LogP contribution in [0.3, 0.4) is 0 Å². The summed E-state index contributed by atoms with van der Waals surface area (Å²) in [6.45, 7) is 9.13. The van der Waals surface area contributed by atoms with Crippen LogP contribution in [-0.2, 0) is 5.54 Å². The summed E-state index contributed by atoms with van der Waals surface area (Å²) < 4.78 is 1.87. The number of piperidine rings is 1. The molecule has 6 nitrogen and oxygen atoms in total. The van der Waals surface area contributed by atoms with Gasteiger partial charge in [-0.1, -0.05) is 0 Å². The monoisotopic (exact) mass is 335 g/mol. The van der Waals surface area contributed by atoms with Crippen molar-refractivity contribution in [3.8, 4) is 0 Å². The van der Waals surface area contributed by atoms with Crippen LogP contribution in [0.5, 0.6) is 0 Å². The number of hydrogen-bond acceptors (Lipinski definition) is 3. The average Bonchev–Trinajstić information content (AvgIpc) is 2.96. The summed E-state index contributed by atoms with van der Waals surface area (Å²) in [5.74, 6) is 0.762. The van der Waals surface area contributed by atoms with Crippen molar-refractivity contribution < 1.29 is 4.79 Å². The molecule has 24 heavy (non-hydrogen) atoms. The van der Waals surface area contributed by atoms with Gasteiger partial charge >= 0.3 is 6.03 Å². The van der Waals surface area contributed by atoms with E-state index >= 15 is 0 Å². The van der Waals surface area contributed by atoms with Crippen LogP contribution in [-0.4, -0.2) is 59.3 Å². The van der Waals surface area contributed by atoms with E-state index in [2.05, 4.69) is 50.2 Å². The third-order valence-corrected chi connectivity index (χ3v) is 4.64. The average molecular weight is 335 g/mol. The van der Waals surface area contributed by atoms with Crippen LogP contribution >= 0.6 is 0 Å². The SMILES string of the molecule is CN(C)CCCC1CCN(C(=O)Nc2cnn(C(C)(C)C)c2)CC1. The highest BCUT2D eigenvalue weighted by Gasteiger charge is 2.23. The lowest BCUT2D eigenvalue weighted by atomic mass is 9.92. The molecule has 2 amide bonds. The van der Waals surface area contributed by atoms with Crippen molar-refractivity contribution in [1.29, 1.82) is 0 Å². The molecule has 0 atom stereocenters. The summed E-state index contributed by atoms with van der Waals surface area (Å²) in [5.41, 5.74) is 0.691. The zero-order valence-corrected chi connectivity index (χ0v) is 15.9. The van der Waals surface area contributed by atoms with Crippen LogP contribution in [0, 0.1) is 5.92 Å². The van der Waals surface area contributed by atoms with E-state index < -0.39 is 0 Å². The van der Waals surface area contributed by atoms with Gasteiger partial charge in [0.1, 0.15) is 0 Å². The number of nitrogens with zero attached hydrogens (tertiary/aromatic N) is 4. The molecule has 0 unspecified atom stereocenters. The van der Waals surface area contributed by atoms with Crippen LogP contribution in [0.25, 0.3) is 0 Å². The van der Waals surface area contributed by atoms with E-state index in [4.69, 9.17) is 0 Å². The lowest BCUT2D eigenvalue weighted by Crippen LogP contribution is -2.41. The summed E-state index contributed by atoms with van der Waals surface area (Å²) >= 11 is 0. The van der Waals surface area contributed by atoms with Gasteiger partial charge in [0.25, 0.3) is 0 Å². The molecule has 2 rings (SSSR count). The summed E-state index contributed by atoms with van der Waals surface area (Å²) in [5, 5.41) is 7.30. The van der Waals surface area contributed by atoms with Crippen LogP contribution in [0.1, 0.15) is 46.5 Å². The highest BCUT2D eigenvalue weighted by Crippen LogP contribution is 2.23. The van der Waals surface area contributed by atoms with Gasteiger partial charge in [-0.15, -0.1) is 0 Å². The first kappa shape index (κ1) is 18.8. The number of nitrogens with one attached hydrogen (secondary N) is 1. The standard InChI is InChI=1S/C18H33N5O/c1-18(2,3)23-14-16(13-19-23)20-17(24)22-11-8-15(9-12-22)7-6-10-21(4)5/h13-15H,6-12H2,1-5H3,(H,20,24). The first-order valence-corrected chi connectivity index (χ1v) is 9.01. The Kier molecular flexibility index (Phi) is 6.27. The first-order valence-electron chi connectivity index (χ1n) is 9.01. The normalized spacial score (nSPS) is 16.7. The summed E-state index contributed by atoms with van der Waals surface area (Å²) in [6, 6.07) is -0.00444. The van der Waals surface area contributed by atoms with Crippen molar-refractivity contribution in [2.45, 2.75) is 52.0 Å². The Hall–Kier alpha value is -1.56. The van der Waals surface area contributed by atoms with Gasteiger partial charge in [0.05, 0.1) is 17.4 Å². The molecular weight excluding hydrogens is 302 g/mol. The van der Waals surface area contributed by atoms with Crippen LogP contribution in [0.15, 0.2) is 12.4 Å². The quantitative estimate of drug-likeness (QED) is 0.899. The van der Waals surface area contributed by atoms with Gasteiger partial charge in [-0.05, 0) is 73.0 Å². The third kappa shape index (κ3) is 5.51. The smallest absolute Gasteiger partial charge is 0.321 e. The van der Waals surface area contributed by atoms with E-state index in [1.54, 1.807) is 6.20 Å². The lowest BCUT2D eigenvalue weighted by molar-refractivity contribution is 0.178. The molecule has 0 radical (unpaired) electrons. The van der Waals surface area contributed by atoms with Crippen molar-refractivity contribution in [1.82, 2.24) is 19.6 Å². The topological polar surface area (TPSA) is 53.4 Å². The molecule has 1 aromatic heterocycles. The molecule has 6 heteroatoms. The lowest BCUT2D eigenvalue weighted by Gasteiger charge is -2.32. The second-order valence-corrected chi connectivity index (χ2v) is 8.15. The Bertz CT molecular complexity index is 524. The maximum atomic E-state index is 12.4. The number of amides is 2. The molecular formula is C18H33N5O. The summed E-state index contributed by atoms with van der Waals surface area (Å²) in [7, 11) is 4.24. The second-order valence-electron chi connectivity index (χ2n) is 8.15. The van der Waals surface area contributed by atoms with Gasteiger partial charge in [0.15, 0.2) is 0 Å². The fourth-order valence-electron chi connectivity index (χ4n) is 3.08. The van der Waals surface area contributed by atoms with Gasteiger partial charge in [-0.25, -0.2) is 4.79 Å². The Balaban J connectivity index is 1.75. The molecule has 0 bridgehead atoms. The van der Waals surface area contributed by atoms with Gasteiger partial charge in [0.2, 0.25) is 0 Å². The molecule has 0 saturated carbocycles. The molecule has 1 aromatic rings. The number of rotatable bonds is 5. The Labute approximate surface area is 146 Å². The molecule has 1 aliphatic heterocycles. The number of carbonyl (C=O) groups excluding carboxylic acids is 1.